The third-order valence-corrected chi connectivity index (χ3v) is 13.3. The molecular weight excluding hydrogens is 376 g/mol. The summed E-state index contributed by atoms with van der Waals surface area (Å²) in [5, 5.41) is 0. The van der Waals surface area contributed by atoms with Gasteiger partial charge in [-0.05, 0) is 122 Å². The van der Waals surface area contributed by atoms with Crippen molar-refractivity contribution in [2.45, 2.75) is 98.5 Å². The van der Waals surface area contributed by atoms with Crippen LogP contribution in [0.2, 0.25) is 0 Å². The maximum Gasteiger partial charge on any atom is 0.0638 e. The topological polar surface area (TPSA) is 9.23 Å². The molecule has 0 aromatic rings. The van der Waals surface area contributed by atoms with Crippen molar-refractivity contribution in [2.24, 2.45) is 69.5 Å². The zero-order valence-corrected chi connectivity index (χ0v) is 21.3. The molecule has 1 nitrogen and oxygen atoms in total. The number of hydrogen-bond acceptors (Lipinski definition) is 1. The maximum absolute atomic E-state index is 6.32. The van der Waals surface area contributed by atoms with Gasteiger partial charge in [-0.1, -0.05) is 46.8 Å². The summed E-state index contributed by atoms with van der Waals surface area (Å²) in [7, 11) is 2.03. The highest BCUT2D eigenvalue weighted by atomic mass is 16.5. The van der Waals surface area contributed by atoms with E-state index >= 15 is 0 Å². The van der Waals surface area contributed by atoms with E-state index in [4.69, 9.17) is 4.74 Å². The van der Waals surface area contributed by atoms with Crippen molar-refractivity contribution in [2.75, 3.05) is 7.11 Å². The van der Waals surface area contributed by atoms with Crippen molar-refractivity contribution in [3.8, 4) is 0 Å². The molecule has 0 heterocycles. The van der Waals surface area contributed by atoms with Gasteiger partial charge in [0.25, 0.3) is 0 Å². The van der Waals surface area contributed by atoms with Crippen LogP contribution < -0.4 is 0 Å². The van der Waals surface area contributed by atoms with Gasteiger partial charge in [0.15, 0.2) is 0 Å². The van der Waals surface area contributed by atoms with E-state index in [9.17, 15) is 0 Å². The molecule has 0 radical (unpaired) electrons. The van der Waals surface area contributed by atoms with Gasteiger partial charge >= 0.3 is 0 Å². The van der Waals surface area contributed by atoms with Gasteiger partial charge in [0.2, 0.25) is 0 Å². The second-order valence-corrected chi connectivity index (χ2v) is 14.1. The standard InChI is InChI=1S/C30H48O/c1-17(2)18(3)21-14-22(21)19(4)24-8-9-25-23-15-27(31-7)30-16-20(30)10-13-29(30,6)26(23)11-12-28(24,25)5/h17,19-27H,3,8-16H2,1-2,4-7H3/t19-,20+,21?,22-,23+,24-,25+,26+,27-,28-,29-,30+/m1/s1. The van der Waals surface area contributed by atoms with E-state index in [-0.39, 0.29) is 0 Å². The average Bonchev–Trinajstić information content (AvgIpc) is 3.62. The maximum atomic E-state index is 6.32. The lowest BCUT2D eigenvalue weighted by molar-refractivity contribution is -0.161. The summed E-state index contributed by atoms with van der Waals surface area (Å²) < 4.78 is 6.32. The SMILES string of the molecule is C=C(C(C)C)C1C[C@@H]1[C@@H](C)[C@H]1CC[C@H]2[C@@H]3C[C@@H](OC)[C@]45C[C@@H]4CC[C@]5(C)[C@H]3CC[C@]12C. The molecule has 1 unspecified atom stereocenters. The van der Waals surface area contributed by atoms with Crippen LogP contribution in [0.4, 0.5) is 0 Å². The first-order valence-corrected chi connectivity index (χ1v) is 13.9. The van der Waals surface area contributed by atoms with Crippen LogP contribution in [0.15, 0.2) is 12.2 Å². The first kappa shape index (κ1) is 21.2. The number of rotatable bonds is 5. The summed E-state index contributed by atoms with van der Waals surface area (Å²) in [4.78, 5) is 0. The lowest BCUT2D eigenvalue weighted by atomic mass is 9.45. The Bertz CT molecular complexity index is 768. The molecule has 1 heteroatoms. The van der Waals surface area contributed by atoms with Gasteiger partial charge < -0.3 is 4.74 Å². The summed E-state index contributed by atoms with van der Waals surface area (Å²) >= 11 is 0. The molecule has 31 heavy (non-hydrogen) atoms. The Kier molecular flexibility index (Phi) is 4.55. The third kappa shape index (κ3) is 2.54. The molecule has 6 saturated carbocycles. The Morgan fingerprint density at radius 3 is 2.42 bits per heavy atom. The molecule has 174 valence electrons. The van der Waals surface area contributed by atoms with Crippen LogP contribution in [-0.2, 0) is 4.74 Å². The third-order valence-electron chi connectivity index (χ3n) is 13.3. The molecule has 0 aromatic carbocycles. The highest BCUT2D eigenvalue weighted by molar-refractivity contribution is 5.26. The normalized spacial score (nSPS) is 57.6. The molecule has 6 rings (SSSR count). The molecule has 0 bridgehead atoms. The largest absolute Gasteiger partial charge is 0.381 e. The van der Waals surface area contributed by atoms with Crippen molar-refractivity contribution in [3.05, 3.63) is 12.2 Å². The van der Waals surface area contributed by atoms with Crippen LogP contribution in [0.1, 0.15) is 92.4 Å². The smallest absolute Gasteiger partial charge is 0.0638 e. The fourth-order valence-corrected chi connectivity index (χ4v) is 11.4. The zero-order chi connectivity index (χ0) is 21.9. The van der Waals surface area contributed by atoms with E-state index in [0.717, 1.165) is 47.3 Å². The molecule has 6 fully saturated rings. The summed E-state index contributed by atoms with van der Waals surface area (Å²) in [6.07, 6.45) is 13.8. The summed E-state index contributed by atoms with van der Waals surface area (Å²) in [5.74, 6) is 8.08. The summed E-state index contributed by atoms with van der Waals surface area (Å²) in [6, 6.07) is 0. The zero-order valence-electron chi connectivity index (χ0n) is 21.3. The number of allylic oxidation sites excluding steroid dienone is 1. The second-order valence-electron chi connectivity index (χ2n) is 14.1. The first-order chi connectivity index (χ1) is 14.7. The lowest BCUT2D eigenvalue weighted by Crippen LogP contribution is -2.57. The number of ether oxygens (including phenoxy) is 1. The number of fused-ring (bicyclic) bond motifs is 4. The van der Waals surface area contributed by atoms with Crippen molar-refractivity contribution >= 4 is 0 Å². The van der Waals surface area contributed by atoms with Gasteiger partial charge in [-0.15, -0.1) is 0 Å². The molecule has 0 aliphatic heterocycles. The Labute approximate surface area is 192 Å². The fourth-order valence-electron chi connectivity index (χ4n) is 11.4. The van der Waals surface area contributed by atoms with Crippen molar-refractivity contribution in [1.82, 2.24) is 0 Å². The van der Waals surface area contributed by atoms with E-state index in [1.807, 2.05) is 7.11 Å². The Morgan fingerprint density at radius 1 is 0.968 bits per heavy atom. The van der Waals surface area contributed by atoms with Crippen molar-refractivity contribution in [1.29, 1.82) is 0 Å². The molecular formula is C30H48O. The number of methoxy groups -OCH3 is 1. The molecule has 0 aromatic heterocycles. The molecule has 6 aliphatic carbocycles. The molecule has 0 N–H and O–H groups in total. The van der Waals surface area contributed by atoms with E-state index in [1.165, 1.54) is 63.4 Å². The van der Waals surface area contributed by atoms with Gasteiger partial charge in [0.05, 0.1) is 6.10 Å². The van der Waals surface area contributed by atoms with E-state index in [2.05, 4.69) is 41.2 Å². The Morgan fingerprint density at radius 2 is 1.74 bits per heavy atom. The van der Waals surface area contributed by atoms with Gasteiger partial charge in [-0.2, -0.15) is 0 Å². The highest BCUT2D eigenvalue weighted by Gasteiger charge is 2.77. The molecule has 0 saturated heterocycles. The van der Waals surface area contributed by atoms with Crippen LogP contribution in [0.5, 0.6) is 0 Å². The predicted octanol–water partition coefficient (Wildman–Crippen LogP) is 7.75. The van der Waals surface area contributed by atoms with Crippen molar-refractivity contribution < 1.29 is 4.74 Å². The first-order valence-electron chi connectivity index (χ1n) is 13.9. The van der Waals surface area contributed by atoms with E-state index in [0.29, 0.717) is 28.3 Å². The minimum atomic E-state index is 0.548. The van der Waals surface area contributed by atoms with Crippen LogP contribution in [0.25, 0.3) is 0 Å². The predicted molar refractivity (Wildman–Crippen MR) is 129 cm³/mol. The van der Waals surface area contributed by atoms with Gasteiger partial charge in [-0.25, -0.2) is 0 Å². The average molecular weight is 425 g/mol. The van der Waals surface area contributed by atoms with E-state index in [1.54, 1.807) is 0 Å². The van der Waals surface area contributed by atoms with E-state index < -0.39 is 0 Å². The number of hydrogen-bond donors (Lipinski definition) is 0. The van der Waals surface area contributed by atoms with Gasteiger partial charge in [0.1, 0.15) is 0 Å². The molecule has 1 spiro atoms. The highest BCUT2D eigenvalue weighted by Crippen LogP contribution is 2.82. The molecule has 12 atom stereocenters. The van der Waals surface area contributed by atoms with Crippen molar-refractivity contribution in [3.63, 3.8) is 0 Å². The van der Waals surface area contributed by atoms with Crippen LogP contribution in [0, 0.1) is 69.5 Å². The van der Waals surface area contributed by atoms with Crippen LogP contribution in [0.3, 0.4) is 0 Å². The van der Waals surface area contributed by atoms with Gasteiger partial charge in [0, 0.05) is 12.5 Å². The molecule has 6 aliphatic rings. The Hall–Kier alpha value is -0.300. The summed E-state index contributed by atoms with van der Waals surface area (Å²) in [6.45, 7) is 17.2. The van der Waals surface area contributed by atoms with Crippen LogP contribution >= 0.6 is 0 Å². The second kappa shape index (κ2) is 6.64. The molecule has 0 amide bonds. The van der Waals surface area contributed by atoms with Crippen LogP contribution in [-0.4, -0.2) is 13.2 Å². The Balaban J connectivity index is 1.24. The fraction of sp³-hybridized carbons (Fsp3) is 0.933. The quantitative estimate of drug-likeness (QED) is 0.410. The summed E-state index contributed by atoms with van der Waals surface area (Å²) in [5.41, 5.74) is 3.26. The van der Waals surface area contributed by atoms with Gasteiger partial charge in [-0.3, -0.25) is 0 Å². The monoisotopic (exact) mass is 424 g/mol. The lowest BCUT2D eigenvalue weighted by Gasteiger charge is -2.61. The minimum absolute atomic E-state index is 0.548. The minimum Gasteiger partial charge on any atom is -0.381 e.